The molecular weight excluding hydrogens is 255 g/mol. The maximum Gasteiger partial charge on any atom is 0.184 e. The van der Waals surface area contributed by atoms with Crippen LogP contribution in [0.3, 0.4) is 0 Å². The molecule has 1 aliphatic rings. The van der Waals surface area contributed by atoms with Crippen molar-refractivity contribution in [2.75, 3.05) is 7.11 Å². The van der Waals surface area contributed by atoms with E-state index in [1.165, 1.54) is 18.2 Å². The molecule has 100 valence electrons. The Balaban J connectivity index is 2.29. The minimum absolute atomic E-state index is 0.0368. The van der Waals surface area contributed by atoms with Gasteiger partial charge in [0.1, 0.15) is 10.7 Å². The van der Waals surface area contributed by atoms with E-state index in [0.29, 0.717) is 12.8 Å². The molecule has 1 fully saturated rings. The molecule has 0 amide bonds. The molecule has 18 heavy (non-hydrogen) atoms. The summed E-state index contributed by atoms with van der Waals surface area (Å²) in [5, 5.41) is -0.534. The molecular formula is C13H17FO3S. The molecule has 1 saturated carbocycles. The second-order valence-corrected chi connectivity index (χ2v) is 6.82. The van der Waals surface area contributed by atoms with Crippen LogP contribution in [0.1, 0.15) is 25.7 Å². The van der Waals surface area contributed by atoms with E-state index in [0.717, 1.165) is 12.8 Å². The van der Waals surface area contributed by atoms with Crippen molar-refractivity contribution in [1.29, 1.82) is 0 Å². The zero-order valence-corrected chi connectivity index (χ0v) is 11.1. The Hall–Kier alpha value is -0.940. The average molecular weight is 272 g/mol. The highest BCUT2D eigenvalue weighted by Crippen LogP contribution is 2.30. The monoisotopic (exact) mass is 272 g/mol. The van der Waals surface area contributed by atoms with Crippen molar-refractivity contribution in [2.24, 2.45) is 0 Å². The number of hydrogen-bond acceptors (Lipinski definition) is 3. The molecule has 0 N–H and O–H groups in total. The fourth-order valence-electron chi connectivity index (χ4n) is 2.45. The predicted octanol–water partition coefficient (Wildman–Crippen LogP) is 2.56. The van der Waals surface area contributed by atoms with Crippen LogP contribution in [0.15, 0.2) is 29.2 Å². The minimum Gasteiger partial charge on any atom is -0.381 e. The molecule has 0 radical (unpaired) electrons. The minimum atomic E-state index is -3.59. The van der Waals surface area contributed by atoms with Gasteiger partial charge in [0, 0.05) is 7.11 Å². The van der Waals surface area contributed by atoms with Gasteiger partial charge in [0.2, 0.25) is 0 Å². The topological polar surface area (TPSA) is 43.4 Å². The zero-order chi connectivity index (χ0) is 13.2. The van der Waals surface area contributed by atoms with Crippen LogP contribution in [0.2, 0.25) is 0 Å². The molecule has 0 saturated heterocycles. The van der Waals surface area contributed by atoms with E-state index in [4.69, 9.17) is 4.74 Å². The van der Waals surface area contributed by atoms with Crippen molar-refractivity contribution in [2.45, 2.75) is 41.9 Å². The summed E-state index contributed by atoms with van der Waals surface area (Å²) in [4.78, 5) is -0.188. The summed E-state index contributed by atoms with van der Waals surface area (Å²) < 4.78 is 43.6. The molecule has 3 nitrogen and oxygen atoms in total. The van der Waals surface area contributed by atoms with Crippen LogP contribution in [0.25, 0.3) is 0 Å². The Kier molecular flexibility index (Phi) is 4.02. The first-order valence-corrected chi connectivity index (χ1v) is 7.61. The summed E-state index contributed by atoms with van der Waals surface area (Å²) in [5.74, 6) is -0.669. The van der Waals surface area contributed by atoms with Gasteiger partial charge in [0.15, 0.2) is 9.84 Å². The van der Waals surface area contributed by atoms with E-state index < -0.39 is 20.9 Å². The number of halogens is 1. The van der Waals surface area contributed by atoms with Crippen molar-refractivity contribution < 1.29 is 17.5 Å². The molecule has 5 heteroatoms. The van der Waals surface area contributed by atoms with Crippen LogP contribution in [-0.2, 0) is 14.6 Å². The molecule has 0 spiro atoms. The van der Waals surface area contributed by atoms with Crippen LogP contribution in [0.5, 0.6) is 0 Å². The first-order chi connectivity index (χ1) is 8.55. The van der Waals surface area contributed by atoms with Gasteiger partial charge in [-0.15, -0.1) is 0 Å². The first-order valence-electron chi connectivity index (χ1n) is 6.07. The summed E-state index contributed by atoms with van der Waals surface area (Å²) in [5.41, 5.74) is 0. The lowest BCUT2D eigenvalue weighted by molar-refractivity contribution is 0.0720. The number of rotatable bonds is 3. The average Bonchev–Trinajstić information content (AvgIpc) is 2.39. The van der Waals surface area contributed by atoms with Crippen LogP contribution < -0.4 is 0 Å². The third-order valence-corrected chi connectivity index (χ3v) is 5.74. The van der Waals surface area contributed by atoms with Crippen LogP contribution in [-0.4, -0.2) is 26.9 Å². The van der Waals surface area contributed by atoms with Gasteiger partial charge in [0.25, 0.3) is 0 Å². The summed E-state index contributed by atoms with van der Waals surface area (Å²) in [6.07, 6.45) is 2.67. The number of sulfone groups is 1. The lowest BCUT2D eigenvalue weighted by Gasteiger charge is -2.28. The smallest absolute Gasteiger partial charge is 0.184 e. The van der Waals surface area contributed by atoms with Crippen LogP contribution in [0.4, 0.5) is 4.39 Å². The van der Waals surface area contributed by atoms with E-state index in [9.17, 15) is 12.8 Å². The van der Waals surface area contributed by atoms with Crippen molar-refractivity contribution in [3.05, 3.63) is 30.1 Å². The first kappa shape index (κ1) is 13.5. The molecule has 2 unspecified atom stereocenters. The SMILES string of the molecule is COC1CCCC(S(=O)(=O)c2ccccc2F)C1. The Morgan fingerprint density at radius 1 is 1.28 bits per heavy atom. The Morgan fingerprint density at radius 2 is 2.00 bits per heavy atom. The van der Waals surface area contributed by atoms with Crippen molar-refractivity contribution in [3.8, 4) is 0 Å². The summed E-state index contributed by atoms with van der Waals surface area (Å²) in [6, 6.07) is 5.56. The standard InChI is InChI=1S/C13H17FO3S/c1-17-10-5-4-6-11(9-10)18(15,16)13-8-3-2-7-12(13)14/h2-3,7-8,10-11H,4-6,9H2,1H3. The third-order valence-electron chi connectivity index (χ3n) is 3.49. The Morgan fingerprint density at radius 3 is 2.67 bits per heavy atom. The van der Waals surface area contributed by atoms with Crippen molar-refractivity contribution >= 4 is 9.84 Å². The molecule has 0 heterocycles. The molecule has 2 atom stereocenters. The second-order valence-electron chi connectivity index (χ2n) is 4.62. The third kappa shape index (κ3) is 2.57. The maximum absolute atomic E-state index is 13.6. The summed E-state index contributed by atoms with van der Waals surface area (Å²) in [7, 11) is -2.00. The van der Waals surface area contributed by atoms with E-state index in [-0.39, 0.29) is 11.0 Å². The van der Waals surface area contributed by atoms with E-state index >= 15 is 0 Å². The molecule has 1 aromatic rings. The Labute approximate surface area is 107 Å². The normalized spacial score (nSPS) is 25.0. The fraction of sp³-hybridized carbons (Fsp3) is 0.538. The highest BCUT2D eigenvalue weighted by molar-refractivity contribution is 7.92. The molecule has 1 aliphatic carbocycles. The van der Waals surface area contributed by atoms with Crippen LogP contribution in [0, 0.1) is 5.82 Å². The highest BCUT2D eigenvalue weighted by Gasteiger charge is 2.34. The van der Waals surface area contributed by atoms with Gasteiger partial charge in [-0.25, -0.2) is 12.8 Å². The number of hydrogen-bond donors (Lipinski definition) is 0. The molecule has 0 aliphatic heterocycles. The predicted molar refractivity (Wildman–Crippen MR) is 66.6 cm³/mol. The van der Waals surface area contributed by atoms with Gasteiger partial charge < -0.3 is 4.74 Å². The zero-order valence-electron chi connectivity index (χ0n) is 10.3. The fourth-order valence-corrected chi connectivity index (χ4v) is 4.37. The van der Waals surface area contributed by atoms with Crippen molar-refractivity contribution in [1.82, 2.24) is 0 Å². The molecule has 0 aromatic heterocycles. The van der Waals surface area contributed by atoms with Crippen molar-refractivity contribution in [3.63, 3.8) is 0 Å². The quantitative estimate of drug-likeness (QED) is 0.849. The number of benzene rings is 1. The maximum atomic E-state index is 13.6. The van der Waals surface area contributed by atoms with Gasteiger partial charge in [-0.05, 0) is 37.8 Å². The number of methoxy groups -OCH3 is 1. The lowest BCUT2D eigenvalue weighted by atomic mass is 9.97. The van der Waals surface area contributed by atoms with Gasteiger partial charge >= 0.3 is 0 Å². The number of ether oxygens (including phenoxy) is 1. The van der Waals surface area contributed by atoms with Gasteiger partial charge in [-0.1, -0.05) is 12.1 Å². The van der Waals surface area contributed by atoms with E-state index in [1.807, 2.05) is 0 Å². The van der Waals surface area contributed by atoms with E-state index in [1.54, 1.807) is 13.2 Å². The molecule has 1 aromatic carbocycles. The van der Waals surface area contributed by atoms with Crippen LogP contribution >= 0.6 is 0 Å². The molecule has 2 rings (SSSR count). The second kappa shape index (κ2) is 5.36. The molecule has 0 bridgehead atoms. The highest BCUT2D eigenvalue weighted by atomic mass is 32.2. The lowest BCUT2D eigenvalue weighted by Crippen LogP contribution is -2.32. The summed E-state index contributed by atoms with van der Waals surface area (Å²) in [6.45, 7) is 0. The Bertz CT molecular complexity index is 513. The van der Waals surface area contributed by atoms with E-state index in [2.05, 4.69) is 0 Å². The largest absolute Gasteiger partial charge is 0.381 e. The summed E-state index contributed by atoms with van der Waals surface area (Å²) >= 11 is 0. The van der Waals surface area contributed by atoms with Gasteiger partial charge in [-0.3, -0.25) is 0 Å². The van der Waals surface area contributed by atoms with Gasteiger partial charge in [0.05, 0.1) is 11.4 Å². The van der Waals surface area contributed by atoms with Gasteiger partial charge in [-0.2, -0.15) is 0 Å².